The minimum Gasteiger partial charge on any atom is -0.302 e. The number of pyridine rings is 2. The Bertz CT molecular complexity index is 644. The molecule has 16 heavy (non-hydrogen) atoms. The Kier molecular flexibility index (Phi) is 2.67. The molecular formula is C13H11ClN2. The zero-order valence-corrected chi connectivity index (χ0v) is 9.37. The lowest BCUT2D eigenvalue weighted by Crippen LogP contribution is -2.13. The minimum absolute atomic E-state index is 0. The van der Waals surface area contributed by atoms with Gasteiger partial charge in [-0.2, -0.15) is 0 Å². The number of nitrogens with zero attached hydrogens (tertiary/aromatic N) is 1. The van der Waals surface area contributed by atoms with Gasteiger partial charge >= 0.3 is 0 Å². The molecule has 3 aromatic rings. The zero-order valence-electron chi connectivity index (χ0n) is 8.55. The smallest absolute Gasteiger partial charge is 0.137 e. The molecule has 0 bridgehead atoms. The third kappa shape index (κ3) is 1.48. The second kappa shape index (κ2) is 3.99. The standard InChI is InChI=1S/C13H10N2.ClH/c14-13-12-7-2-1-5-10(12)9-11-6-3-4-8-15(11)13;/h1-9,14H;1H. The number of hydrogen-bond donors (Lipinski definition) is 1. The summed E-state index contributed by atoms with van der Waals surface area (Å²) in [5, 5.41) is 10.2. The Morgan fingerprint density at radius 2 is 1.69 bits per heavy atom. The Morgan fingerprint density at radius 1 is 0.938 bits per heavy atom. The van der Waals surface area contributed by atoms with E-state index in [1.54, 1.807) is 0 Å². The van der Waals surface area contributed by atoms with Crippen molar-refractivity contribution in [3.63, 3.8) is 0 Å². The molecule has 2 nitrogen and oxygen atoms in total. The van der Waals surface area contributed by atoms with Crippen LogP contribution in [0.4, 0.5) is 0 Å². The van der Waals surface area contributed by atoms with E-state index in [9.17, 15) is 0 Å². The molecule has 2 aromatic heterocycles. The van der Waals surface area contributed by atoms with Crippen molar-refractivity contribution in [3.05, 3.63) is 60.2 Å². The maximum Gasteiger partial charge on any atom is 0.137 e. The van der Waals surface area contributed by atoms with Gasteiger partial charge in [0.05, 0.1) is 0 Å². The molecule has 0 atom stereocenters. The summed E-state index contributed by atoms with van der Waals surface area (Å²) in [4.78, 5) is 0. The van der Waals surface area contributed by atoms with Gasteiger partial charge in [0.1, 0.15) is 5.49 Å². The van der Waals surface area contributed by atoms with Crippen LogP contribution in [-0.2, 0) is 0 Å². The summed E-state index contributed by atoms with van der Waals surface area (Å²) >= 11 is 0. The zero-order chi connectivity index (χ0) is 10.3. The van der Waals surface area contributed by atoms with E-state index in [-0.39, 0.29) is 12.4 Å². The molecule has 80 valence electrons. The lowest BCUT2D eigenvalue weighted by molar-refractivity contribution is 1.03. The number of benzene rings is 1. The van der Waals surface area contributed by atoms with Crippen LogP contribution < -0.4 is 5.49 Å². The maximum atomic E-state index is 8.10. The molecule has 0 aliphatic heterocycles. The number of aromatic nitrogens is 1. The number of fused-ring (bicyclic) bond motifs is 2. The second-order valence-corrected chi connectivity index (χ2v) is 3.58. The third-order valence-electron chi connectivity index (χ3n) is 2.65. The van der Waals surface area contributed by atoms with E-state index in [0.29, 0.717) is 5.49 Å². The summed E-state index contributed by atoms with van der Waals surface area (Å²) in [7, 11) is 0. The van der Waals surface area contributed by atoms with E-state index < -0.39 is 0 Å². The molecule has 0 radical (unpaired) electrons. The molecule has 0 saturated carbocycles. The molecule has 3 heteroatoms. The molecule has 0 saturated heterocycles. The Morgan fingerprint density at radius 3 is 2.56 bits per heavy atom. The highest BCUT2D eigenvalue weighted by Gasteiger charge is 1.98. The molecule has 0 spiro atoms. The van der Waals surface area contributed by atoms with Crippen LogP contribution in [0.2, 0.25) is 0 Å². The Balaban J connectivity index is 0.000000963. The largest absolute Gasteiger partial charge is 0.302 e. The predicted octanol–water partition coefficient (Wildman–Crippen LogP) is 2.99. The van der Waals surface area contributed by atoms with E-state index in [1.807, 2.05) is 53.1 Å². The van der Waals surface area contributed by atoms with Crippen LogP contribution in [0.15, 0.2) is 54.7 Å². The number of halogens is 1. The van der Waals surface area contributed by atoms with Crippen molar-refractivity contribution in [1.82, 2.24) is 4.40 Å². The molecule has 3 rings (SSSR count). The van der Waals surface area contributed by atoms with Gasteiger partial charge in [-0.05, 0) is 23.6 Å². The summed E-state index contributed by atoms with van der Waals surface area (Å²) in [6.45, 7) is 0. The summed E-state index contributed by atoms with van der Waals surface area (Å²) in [5.41, 5.74) is 1.60. The lowest BCUT2D eigenvalue weighted by atomic mass is 10.1. The Hall–Kier alpha value is -1.80. The summed E-state index contributed by atoms with van der Waals surface area (Å²) in [6.07, 6.45) is 1.92. The van der Waals surface area contributed by atoms with Crippen LogP contribution in [0.3, 0.4) is 0 Å². The van der Waals surface area contributed by atoms with E-state index in [0.717, 1.165) is 16.3 Å². The molecule has 2 heterocycles. The predicted molar refractivity (Wildman–Crippen MR) is 68.0 cm³/mol. The van der Waals surface area contributed by atoms with Gasteiger partial charge in [-0.15, -0.1) is 12.4 Å². The average Bonchev–Trinajstić information content (AvgIpc) is 2.30. The van der Waals surface area contributed by atoms with Gasteiger partial charge in [0.2, 0.25) is 0 Å². The highest BCUT2D eigenvalue weighted by atomic mass is 35.5. The van der Waals surface area contributed by atoms with Crippen LogP contribution in [0.1, 0.15) is 0 Å². The van der Waals surface area contributed by atoms with Crippen LogP contribution in [-0.4, -0.2) is 4.40 Å². The van der Waals surface area contributed by atoms with Crippen molar-refractivity contribution in [2.75, 3.05) is 0 Å². The quantitative estimate of drug-likeness (QED) is 0.576. The molecule has 0 aliphatic rings. The van der Waals surface area contributed by atoms with Gasteiger partial charge in [0, 0.05) is 17.1 Å². The number of rotatable bonds is 0. The van der Waals surface area contributed by atoms with Crippen molar-refractivity contribution in [2.45, 2.75) is 0 Å². The fourth-order valence-electron chi connectivity index (χ4n) is 1.91. The van der Waals surface area contributed by atoms with E-state index in [2.05, 4.69) is 6.07 Å². The van der Waals surface area contributed by atoms with Gasteiger partial charge in [0.15, 0.2) is 0 Å². The molecule has 1 aromatic carbocycles. The highest BCUT2D eigenvalue weighted by molar-refractivity contribution is 5.85. The molecule has 1 N–H and O–H groups in total. The molecule has 0 amide bonds. The normalized spacial score (nSPS) is 10.2. The average molecular weight is 231 g/mol. The van der Waals surface area contributed by atoms with Gasteiger partial charge < -0.3 is 4.40 Å². The first kappa shape index (κ1) is 10.7. The van der Waals surface area contributed by atoms with Crippen molar-refractivity contribution in [2.24, 2.45) is 0 Å². The van der Waals surface area contributed by atoms with Crippen molar-refractivity contribution in [3.8, 4) is 0 Å². The molecule has 0 fully saturated rings. The monoisotopic (exact) mass is 230 g/mol. The second-order valence-electron chi connectivity index (χ2n) is 3.58. The van der Waals surface area contributed by atoms with Crippen molar-refractivity contribution >= 4 is 28.7 Å². The van der Waals surface area contributed by atoms with Gasteiger partial charge in [-0.1, -0.05) is 30.3 Å². The van der Waals surface area contributed by atoms with Crippen molar-refractivity contribution < 1.29 is 0 Å². The summed E-state index contributed by atoms with van der Waals surface area (Å²) < 4.78 is 1.89. The summed E-state index contributed by atoms with van der Waals surface area (Å²) in [5.74, 6) is 0. The van der Waals surface area contributed by atoms with Gasteiger partial charge in [0.25, 0.3) is 0 Å². The fourth-order valence-corrected chi connectivity index (χ4v) is 1.91. The number of hydrogen-bond acceptors (Lipinski definition) is 1. The first-order valence-corrected chi connectivity index (χ1v) is 4.90. The van der Waals surface area contributed by atoms with Crippen LogP contribution in [0, 0.1) is 5.41 Å². The van der Waals surface area contributed by atoms with Gasteiger partial charge in [-0.3, -0.25) is 5.41 Å². The maximum absolute atomic E-state index is 8.10. The van der Waals surface area contributed by atoms with E-state index in [4.69, 9.17) is 5.41 Å². The van der Waals surface area contributed by atoms with Crippen molar-refractivity contribution in [1.29, 1.82) is 5.41 Å². The van der Waals surface area contributed by atoms with Crippen LogP contribution in [0.25, 0.3) is 16.3 Å². The Labute approximate surface area is 99.1 Å². The first-order valence-electron chi connectivity index (χ1n) is 4.90. The van der Waals surface area contributed by atoms with E-state index in [1.165, 1.54) is 0 Å². The van der Waals surface area contributed by atoms with Crippen LogP contribution in [0.5, 0.6) is 0 Å². The highest BCUT2D eigenvalue weighted by Crippen LogP contribution is 2.11. The molecule has 0 unspecified atom stereocenters. The first-order chi connectivity index (χ1) is 7.36. The third-order valence-corrected chi connectivity index (χ3v) is 2.65. The lowest BCUT2D eigenvalue weighted by Gasteiger charge is -2.04. The summed E-state index contributed by atoms with van der Waals surface area (Å²) in [6, 6.07) is 16.1. The molecular weight excluding hydrogens is 220 g/mol. The minimum atomic E-state index is 0. The molecule has 0 aliphatic carbocycles. The fraction of sp³-hybridized carbons (Fsp3) is 0. The number of nitrogens with one attached hydrogen (secondary N) is 1. The SMILES string of the molecule is Cl.N=c1c2ccccc2cc2ccccn12. The van der Waals surface area contributed by atoms with E-state index >= 15 is 0 Å². The van der Waals surface area contributed by atoms with Gasteiger partial charge in [-0.25, -0.2) is 0 Å². The van der Waals surface area contributed by atoms with Crippen LogP contribution >= 0.6 is 12.4 Å². The topological polar surface area (TPSA) is 28.3 Å².